The lowest BCUT2D eigenvalue weighted by atomic mass is 9.81. The van der Waals surface area contributed by atoms with Crippen LogP contribution in [0, 0.1) is 0 Å². The molecular formula is C15H31N3O2. The first-order chi connectivity index (χ1) is 9.66. The molecule has 2 aliphatic rings. The Labute approximate surface area is 123 Å². The average Bonchev–Trinajstić information content (AvgIpc) is 2.69. The maximum absolute atomic E-state index is 6.24. The molecule has 2 saturated heterocycles. The third-order valence-electron chi connectivity index (χ3n) is 5.40. The minimum atomic E-state index is 0.134. The van der Waals surface area contributed by atoms with Crippen molar-refractivity contribution >= 4 is 0 Å². The number of ether oxygens (including phenoxy) is 2. The van der Waals surface area contributed by atoms with Crippen LogP contribution in [-0.2, 0) is 9.47 Å². The molecule has 2 aliphatic heterocycles. The van der Waals surface area contributed by atoms with Gasteiger partial charge >= 0.3 is 0 Å². The summed E-state index contributed by atoms with van der Waals surface area (Å²) in [4.78, 5) is 5.09. The molecule has 2 unspecified atom stereocenters. The second kappa shape index (κ2) is 7.18. The molecule has 0 aromatic carbocycles. The highest BCUT2D eigenvalue weighted by Crippen LogP contribution is 2.42. The summed E-state index contributed by atoms with van der Waals surface area (Å²) in [6.07, 6.45) is 5.02. The molecule has 5 nitrogen and oxygen atoms in total. The summed E-state index contributed by atoms with van der Waals surface area (Å²) in [5, 5.41) is 0. The summed E-state index contributed by atoms with van der Waals surface area (Å²) < 4.78 is 10.6. The lowest BCUT2D eigenvalue weighted by Crippen LogP contribution is -2.63. The summed E-state index contributed by atoms with van der Waals surface area (Å²) in [5.41, 5.74) is 6.37. The van der Waals surface area contributed by atoms with Gasteiger partial charge in [0.1, 0.15) is 0 Å². The summed E-state index contributed by atoms with van der Waals surface area (Å²) >= 11 is 0. The number of piperidine rings is 1. The van der Waals surface area contributed by atoms with Crippen molar-refractivity contribution in [2.45, 2.75) is 43.3 Å². The van der Waals surface area contributed by atoms with Gasteiger partial charge in [-0.25, -0.2) is 0 Å². The quantitative estimate of drug-likeness (QED) is 0.705. The zero-order valence-electron chi connectivity index (χ0n) is 13.3. The van der Waals surface area contributed by atoms with Gasteiger partial charge in [-0.1, -0.05) is 0 Å². The van der Waals surface area contributed by atoms with Crippen LogP contribution in [0.2, 0.25) is 0 Å². The van der Waals surface area contributed by atoms with Gasteiger partial charge in [0.05, 0.1) is 13.2 Å². The lowest BCUT2D eigenvalue weighted by Gasteiger charge is -2.51. The fourth-order valence-electron chi connectivity index (χ4n) is 4.09. The van der Waals surface area contributed by atoms with Gasteiger partial charge in [-0.15, -0.1) is 0 Å². The molecule has 2 heterocycles. The van der Waals surface area contributed by atoms with Crippen molar-refractivity contribution in [2.24, 2.45) is 5.73 Å². The third kappa shape index (κ3) is 3.17. The van der Waals surface area contributed by atoms with Crippen LogP contribution >= 0.6 is 0 Å². The number of fused-ring (bicyclic) bond motifs is 2. The highest BCUT2D eigenvalue weighted by molar-refractivity contribution is 5.06. The van der Waals surface area contributed by atoms with Crippen molar-refractivity contribution in [2.75, 3.05) is 54.1 Å². The maximum Gasteiger partial charge on any atom is 0.0589 e. The first kappa shape index (κ1) is 16.2. The number of nitrogens with two attached hydrogens (primary N) is 1. The lowest BCUT2D eigenvalue weighted by molar-refractivity contribution is -0.0212. The molecule has 0 aromatic rings. The van der Waals surface area contributed by atoms with E-state index in [1.807, 2.05) is 0 Å². The second-order valence-corrected chi connectivity index (χ2v) is 6.36. The van der Waals surface area contributed by atoms with E-state index in [-0.39, 0.29) is 5.54 Å². The van der Waals surface area contributed by atoms with Gasteiger partial charge in [-0.3, -0.25) is 4.90 Å². The molecule has 0 amide bonds. The molecule has 2 N–H and O–H groups in total. The summed E-state index contributed by atoms with van der Waals surface area (Å²) in [6, 6.07) is 1.40. The van der Waals surface area contributed by atoms with Crippen LogP contribution in [0.1, 0.15) is 25.7 Å². The van der Waals surface area contributed by atoms with Crippen molar-refractivity contribution in [3.8, 4) is 0 Å². The van der Waals surface area contributed by atoms with E-state index >= 15 is 0 Å². The van der Waals surface area contributed by atoms with Crippen LogP contribution in [0.5, 0.6) is 0 Å². The molecular weight excluding hydrogens is 254 g/mol. The largest absolute Gasteiger partial charge is 0.383 e. The van der Waals surface area contributed by atoms with Crippen LogP contribution < -0.4 is 5.73 Å². The van der Waals surface area contributed by atoms with Crippen LogP contribution in [0.4, 0.5) is 0 Å². The predicted octanol–water partition coefficient (Wildman–Crippen LogP) is 0.535. The SMILES string of the molecule is COCCN(CCOC)C1(CN)CC2CCC(C1)N2C. The van der Waals surface area contributed by atoms with E-state index in [1.165, 1.54) is 25.7 Å². The zero-order chi connectivity index (χ0) is 14.6. The Kier molecular flexibility index (Phi) is 5.81. The first-order valence-corrected chi connectivity index (χ1v) is 7.82. The van der Waals surface area contributed by atoms with Crippen molar-refractivity contribution in [3.05, 3.63) is 0 Å². The Hall–Kier alpha value is -0.200. The standard InChI is InChI=1S/C15H31N3O2/c1-17-13-4-5-14(17)11-15(10-13,12-16)18(6-8-19-2)7-9-20-3/h13-14H,4-12,16H2,1-3H3. The third-order valence-corrected chi connectivity index (χ3v) is 5.40. The van der Waals surface area contributed by atoms with Crippen LogP contribution in [0.15, 0.2) is 0 Å². The van der Waals surface area contributed by atoms with Crippen molar-refractivity contribution in [1.29, 1.82) is 0 Å². The molecule has 2 atom stereocenters. The summed E-state index contributed by atoms with van der Waals surface area (Å²) in [7, 11) is 5.81. The van der Waals surface area contributed by atoms with E-state index in [9.17, 15) is 0 Å². The second-order valence-electron chi connectivity index (χ2n) is 6.36. The zero-order valence-corrected chi connectivity index (χ0v) is 13.3. The Morgan fingerprint density at radius 3 is 2.00 bits per heavy atom. The van der Waals surface area contributed by atoms with E-state index in [4.69, 9.17) is 15.2 Å². The fraction of sp³-hybridized carbons (Fsp3) is 1.00. The molecule has 0 radical (unpaired) electrons. The van der Waals surface area contributed by atoms with Gasteiger partial charge in [0.2, 0.25) is 0 Å². The van der Waals surface area contributed by atoms with Gasteiger partial charge in [-0.2, -0.15) is 0 Å². The molecule has 2 rings (SSSR count). The average molecular weight is 285 g/mol. The van der Waals surface area contributed by atoms with Crippen LogP contribution in [-0.4, -0.2) is 81.5 Å². The van der Waals surface area contributed by atoms with Crippen LogP contribution in [0.25, 0.3) is 0 Å². The van der Waals surface area contributed by atoms with Gasteiger partial charge in [0.15, 0.2) is 0 Å². The van der Waals surface area contributed by atoms with E-state index in [0.717, 1.165) is 32.8 Å². The molecule has 2 fully saturated rings. The van der Waals surface area contributed by atoms with Gasteiger partial charge in [0, 0.05) is 51.5 Å². The van der Waals surface area contributed by atoms with Crippen molar-refractivity contribution in [1.82, 2.24) is 9.80 Å². The number of methoxy groups -OCH3 is 2. The topological polar surface area (TPSA) is 51.0 Å². The fourth-order valence-corrected chi connectivity index (χ4v) is 4.09. The molecule has 0 spiro atoms. The molecule has 0 saturated carbocycles. The molecule has 0 aliphatic carbocycles. The molecule has 5 heteroatoms. The maximum atomic E-state index is 6.24. The molecule has 0 aromatic heterocycles. The van der Waals surface area contributed by atoms with E-state index in [2.05, 4.69) is 16.8 Å². The first-order valence-electron chi connectivity index (χ1n) is 7.82. The normalized spacial score (nSPS) is 34.0. The van der Waals surface area contributed by atoms with E-state index in [0.29, 0.717) is 12.1 Å². The van der Waals surface area contributed by atoms with Crippen molar-refractivity contribution in [3.63, 3.8) is 0 Å². The Morgan fingerprint density at radius 1 is 1.10 bits per heavy atom. The highest BCUT2D eigenvalue weighted by Gasteiger charge is 2.48. The number of rotatable bonds is 8. The van der Waals surface area contributed by atoms with Crippen molar-refractivity contribution < 1.29 is 9.47 Å². The Morgan fingerprint density at radius 2 is 1.60 bits per heavy atom. The Bertz CT molecular complexity index is 279. The highest BCUT2D eigenvalue weighted by atomic mass is 16.5. The van der Waals surface area contributed by atoms with Gasteiger partial charge in [0.25, 0.3) is 0 Å². The monoisotopic (exact) mass is 285 g/mol. The minimum absolute atomic E-state index is 0.134. The van der Waals surface area contributed by atoms with E-state index in [1.54, 1.807) is 14.2 Å². The summed E-state index contributed by atoms with van der Waals surface area (Å²) in [5.74, 6) is 0. The molecule has 20 heavy (non-hydrogen) atoms. The minimum Gasteiger partial charge on any atom is -0.383 e. The molecule has 2 bridgehead atoms. The number of hydrogen-bond donors (Lipinski definition) is 1. The van der Waals surface area contributed by atoms with E-state index < -0.39 is 0 Å². The van der Waals surface area contributed by atoms with Crippen LogP contribution in [0.3, 0.4) is 0 Å². The summed E-state index contributed by atoms with van der Waals surface area (Å²) in [6.45, 7) is 4.15. The smallest absolute Gasteiger partial charge is 0.0589 e. The number of nitrogens with zero attached hydrogens (tertiary/aromatic N) is 2. The Balaban J connectivity index is 2.09. The van der Waals surface area contributed by atoms with Gasteiger partial charge < -0.3 is 20.1 Å². The van der Waals surface area contributed by atoms with Gasteiger partial charge in [-0.05, 0) is 32.7 Å². The predicted molar refractivity (Wildman–Crippen MR) is 80.9 cm³/mol. The molecule has 118 valence electrons. The number of hydrogen-bond acceptors (Lipinski definition) is 5.